The van der Waals surface area contributed by atoms with Crippen molar-refractivity contribution < 1.29 is 9.53 Å². The molecule has 3 aromatic rings. The molecule has 0 aliphatic carbocycles. The van der Waals surface area contributed by atoms with Crippen LogP contribution in [0.15, 0.2) is 53.1 Å². The monoisotopic (exact) mass is 386 g/mol. The molecule has 0 fully saturated rings. The van der Waals surface area contributed by atoms with Gasteiger partial charge < -0.3 is 14.6 Å². The normalized spacial score (nSPS) is 10.8. The summed E-state index contributed by atoms with van der Waals surface area (Å²) in [7, 11) is 3.63. The lowest BCUT2D eigenvalue weighted by Crippen LogP contribution is -2.24. The number of ether oxygens (including phenoxy) is 1. The molecule has 0 saturated carbocycles. The molecule has 0 radical (unpaired) electrons. The highest BCUT2D eigenvalue weighted by molar-refractivity contribution is 9.10. The third kappa shape index (κ3) is 3.46. The van der Waals surface area contributed by atoms with Crippen molar-refractivity contribution in [2.75, 3.05) is 7.11 Å². The molecule has 124 valence electrons. The number of aromatic nitrogens is 1. The fourth-order valence-electron chi connectivity index (χ4n) is 2.88. The predicted octanol–water partition coefficient (Wildman–Crippen LogP) is 3.81. The summed E-state index contributed by atoms with van der Waals surface area (Å²) in [6.07, 6.45) is 2.38. The molecule has 0 bridgehead atoms. The van der Waals surface area contributed by atoms with Crippen LogP contribution in [-0.4, -0.2) is 17.6 Å². The molecule has 3 rings (SSSR count). The maximum Gasteiger partial charge on any atom is 0.224 e. The van der Waals surface area contributed by atoms with Gasteiger partial charge in [-0.1, -0.05) is 34.1 Å². The van der Waals surface area contributed by atoms with Gasteiger partial charge in [-0.05, 0) is 29.8 Å². The van der Waals surface area contributed by atoms with Crippen LogP contribution in [0.2, 0.25) is 0 Å². The quantitative estimate of drug-likeness (QED) is 0.724. The first-order chi connectivity index (χ1) is 11.6. The largest absolute Gasteiger partial charge is 0.496 e. The number of nitrogens with one attached hydrogen (secondary N) is 1. The highest BCUT2D eigenvalue weighted by Crippen LogP contribution is 2.23. The third-order valence-electron chi connectivity index (χ3n) is 4.05. The zero-order valence-corrected chi connectivity index (χ0v) is 15.3. The van der Waals surface area contributed by atoms with E-state index in [2.05, 4.69) is 37.9 Å². The van der Waals surface area contributed by atoms with E-state index in [-0.39, 0.29) is 5.91 Å². The Morgan fingerprint density at radius 1 is 1.21 bits per heavy atom. The lowest BCUT2D eigenvalue weighted by molar-refractivity contribution is -0.120. The second kappa shape index (κ2) is 7.09. The van der Waals surface area contributed by atoms with Crippen LogP contribution in [0.1, 0.15) is 11.1 Å². The van der Waals surface area contributed by atoms with Crippen LogP contribution in [0.25, 0.3) is 10.9 Å². The van der Waals surface area contributed by atoms with Crippen LogP contribution in [0.5, 0.6) is 5.75 Å². The number of carbonyl (C=O) groups excluding carboxylic acids is 1. The van der Waals surface area contributed by atoms with Crippen molar-refractivity contribution in [3.05, 3.63) is 64.3 Å². The summed E-state index contributed by atoms with van der Waals surface area (Å²) >= 11 is 3.45. The number of halogens is 1. The summed E-state index contributed by atoms with van der Waals surface area (Å²) in [6, 6.07) is 13.9. The van der Waals surface area contributed by atoms with Crippen molar-refractivity contribution in [1.82, 2.24) is 9.88 Å². The van der Waals surface area contributed by atoms with E-state index in [9.17, 15) is 4.79 Å². The molecule has 4 nitrogen and oxygen atoms in total. The lowest BCUT2D eigenvalue weighted by atomic mass is 10.1. The molecule has 2 aromatic carbocycles. The van der Waals surface area contributed by atoms with Gasteiger partial charge in [0.1, 0.15) is 5.75 Å². The average Bonchev–Trinajstić information content (AvgIpc) is 2.89. The molecule has 1 amide bonds. The zero-order chi connectivity index (χ0) is 17.1. The minimum atomic E-state index is -0.00613. The molecule has 0 spiro atoms. The number of methoxy groups -OCH3 is 1. The minimum Gasteiger partial charge on any atom is -0.496 e. The zero-order valence-electron chi connectivity index (χ0n) is 13.7. The van der Waals surface area contributed by atoms with Crippen LogP contribution >= 0.6 is 15.9 Å². The summed E-state index contributed by atoms with van der Waals surface area (Å²) in [5, 5.41) is 4.09. The lowest BCUT2D eigenvalue weighted by Gasteiger charge is -2.10. The van der Waals surface area contributed by atoms with Crippen LogP contribution < -0.4 is 10.1 Å². The van der Waals surface area contributed by atoms with Crippen molar-refractivity contribution in [3.63, 3.8) is 0 Å². The molecule has 0 aliphatic heterocycles. The summed E-state index contributed by atoms with van der Waals surface area (Å²) in [6.45, 7) is 0.437. The van der Waals surface area contributed by atoms with Gasteiger partial charge in [0.2, 0.25) is 5.91 Å². The van der Waals surface area contributed by atoms with Crippen molar-refractivity contribution in [3.8, 4) is 5.75 Å². The maximum absolute atomic E-state index is 12.4. The summed E-state index contributed by atoms with van der Waals surface area (Å²) in [5.41, 5.74) is 3.11. The number of para-hydroxylation sites is 1. The summed E-state index contributed by atoms with van der Waals surface area (Å²) in [5.74, 6) is 0.761. The van der Waals surface area contributed by atoms with Gasteiger partial charge in [-0.25, -0.2) is 0 Å². The maximum atomic E-state index is 12.4. The van der Waals surface area contributed by atoms with E-state index in [1.807, 2.05) is 43.6 Å². The molecule has 0 atom stereocenters. The van der Waals surface area contributed by atoms with Crippen molar-refractivity contribution in [1.29, 1.82) is 0 Å². The van der Waals surface area contributed by atoms with Gasteiger partial charge in [-0.3, -0.25) is 4.79 Å². The number of hydrogen-bond donors (Lipinski definition) is 1. The molecule has 1 aromatic heterocycles. The number of amides is 1. The van der Waals surface area contributed by atoms with Gasteiger partial charge in [0.25, 0.3) is 0 Å². The van der Waals surface area contributed by atoms with Crippen LogP contribution in [0.3, 0.4) is 0 Å². The number of fused-ring (bicyclic) bond motifs is 1. The Kier molecular flexibility index (Phi) is 4.90. The van der Waals surface area contributed by atoms with Gasteiger partial charge in [0, 0.05) is 40.7 Å². The molecule has 0 saturated heterocycles. The van der Waals surface area contributed by atoms with E-state index in [0.717, 1.165) is 32.3 Å². The topological polar surface area (TPSA) is 43.3 Å². The number of rotatable bonds is 5. The number of aryl methyl sites for hydroxylation is 1. The summed E-state index contributed by atoms with van der Waals surface area (Å²) in [4.78, 5) is 12.4. The fraction of sp³-hybridized carbons (Fsp3) is 0.211. The van der Waals surface area contributed by atoms with Gasteiger partial charge in [-0.2, -0.15) is 0 Å². The molecule has 24 heavy (non-hydrogen) atoms. The third-order valence-corrected chi connectivity index (χ3v) is 4.54. The van der Waals surface area contributed by atoms with Gasteiger partial charge in [0.05, 0.1) is 13.5 Å². The van der Waals surface area contributed by atoms with Crippen molar-refractivity contribution >= 4 is 32.7 Å². The Labute approximate surface area is 149 Å². The smallest absolute Gasteiger partial charge is 0.224 e. The highest BCUT2D eigenvalue weighted by Gasteiger charge is 2.11. The molecule has 1 N–H and O–H groups in total. The van der Waals surface area contributed by atoms with Gasteiger partial charge in [-0.15, -0.1) is 0 Å². The molecule has 0 aliphatic rings. The first-order valence-corrected chi connectivity index (χ1v) is 8.50. The molecule has 0 unspecified atom stereocenters. The first-order valence-electron chi connectivity index (χ1n) is 7.70. The number of carbonyl (C=O) groups is 1. The second-order valence-corrected chi connectivity index (χ2v) is 6.61. The van der Waals surface area contributed by atoms with Crippen molar-refractivity contribution in [2.24, 2.45) is 7.05 Å². The van der Waals surface area contributed by atoms with E-state index >= 15 is 0 Å². The van der Waals surface area contributed by atoms with Crippen molar-refractivity contribution in [2.45, 2.75) is 13.0 Å². The van der Waals surface area contributed by atoms with Crippen LogP contribution in [-0.2, 0) is 24.8 Å². The van der Waals surface area contributed by atoms with E-state index in [4.69, 9.17) is 4.74 Å². The predicted molar refractivity (Wildman–Crippen MR) is 99.2 cm³/mol. The molecule has 1 heterocycles. The fourth-order valence-corrected chi connectivity index (χ4v) is 3.29. The standard InChI is InChI=1S/C19H19BrN2O2/c1-22-12-14(16-5-3-4-6-17(16)22)10-19(23)21-11-13-9-15(20)7-8-18(13)24-2/h3-9,12H,10-11H2,1-2H3,(H,21,23). The molecular formula is C19H19BrN2O2. The Morgan fingerprint density at radius 2 is 2.00 bits per heavy atom. The molecule has 5 heteroatoms. The Morgan fingerprint density at radius 3 is 2.79 bits per heavy atom. The SMILES string of the molecule is COc1ccc(Br)cc1CNC(=O)Cc1cn(C)c2ccccc12. The minimum absolute atomic E-state index is 0.00613. The van der Waals surface area contributed by atoms with Gasteiger partial charge >= 0.3 is 0 Å². The number of nitrogens with zero attached hydrogens (tertiary/aromatic N) is 1. The number of benzene rings is 2. The highest BCUT2D eigenvalue weighted by atomic mass is 79.9. The Bertz CT molecular complexity index is 886. The van der Waals surface area contributed by atoms with E-state index < -0.39 is 0 Å². The van der Waals surface area contributed by atoms with E-state index in [0.29, 0.717) is 13.0 Å². The summed E-state index contributed by atoms with van der Waals surface area (Å²) < 4.78 is 8.35. The van der Waals surface area contributed by atoms with E-state index in [1.165, 1.54) is 0 Å². The van der Waals surface area contributed by atoms with Crippen LogP contribution in [0, 0.1) is 0 Å². The second-order valence-electron chi connectivity index (χ2n) is 5.69. The van der Waals surface area contributed by atoms with E-state index in [1.54, 1.807) is 7.11 Å². The first kappa shape index (κ1) is 16.6. The Hall–Kier alpha value is -2.27. The number of hydrogen-bond acceptors (Lipinski definition) is 2. The Balaban J connectivity index is 1.71. The van der Waals surface area contributed by atoms with Gasteiger partial charge in [0.15, 0.2) is 0 Å². The average molecular weight is 387 g/mol. The van der Waals surface area contributed by atoms with Crippen LogP contribution in [0.4, 0.5) is 0 Å². The molecular weight excluding hydrogens is 368 g/mol.